The van der Waals surface area contributed by atoms with Gasteiger partial charge in [-0.3, -0.25) is 4.90 Å². The minimum absolute atomic E-state index is 0.294. The van der Waals surface area contributed by atoms with Crippen LogP contribution in [0.3, 0.4) is 0 Å². The van der Waals surface area contributed by atoms with Gasteiger partial charge in [-0.05, 0) is 50.9 Å². The van der Waals surface area contributed by atoms with E-state index in [0.717, 1.165) is 30.9 Å². The molecule has 0 aromatic heterocycles. The Morgan fingerprint density at radius 2 is 2.14 bits per heavy atom. The molecule has 3 aliphatic rings. The van der Waals surface area contributed by atoms with E-state index in [1.165, 1.54) is 37.9 Å². The molecule has 4 rings (SSSR count). The fourth-order valence-corrected chi connectivity index (χ4v) is 4.45. The molecule has 2 fully saturated rings. The fourth-order valence-electron chi connectivity index (χ4n) is 4.45. The first-order valence-electron chi connectivity index (χ1n) is 8.12. The number of piperidine rings is 2. The smallest absolute Gasteiger partial charge is 0.127 e. The fraction of sp³-hybridized carbons (Fsp3) is 0.647. The van der Waals surface area contributed by atoms with E-state index in [1.54, 1.807) is 12.1 Å². The minimum Gasteiger partial charge on any atom is -0.508 e. The molecule has 1 aromatic rings. The maximum atomic E-state index is 9.58. The Labute approximate surface area is 126 Å². The summed E-state index contributed by atoms with van der Waals surface area (Å²) in [4.78, 5) is 5.16. The molecule has 3 unspecified atom stereocenters. The maximum Gasteiger partial charge on any atom is 0.127 e. The lowest BCUT2D eigenvalue weighted by Gasteiger charge is -2.47. The summed E-state index contributed by atoms with van der Waals surface area (Å²) in [5, 5.41) is 9.58. The second kappa shape index (κ2) is 5.18. The van der Waals surface area contributed by atoms with Crippen LogP contribution in [0.2, 0.25) is 0 Å². The van der Waals surface area contributed by atoms with Crippen molar-refractivity contribution in [2.75, 3.05) is 33.3 Å². The van der Waals surface area contributed by atoms with Crippen LogP contribution in [0.1, 0.15) is 30.9 Å². The molecule has 21 heavy (non-hydrogen) atoms. The first-order chi connectivity index (χ1) is 10.2. The lowest BCUT2D eigenvalue weighted by atomic mass is 9.83. The summed E-state index contributed by atoms with van der Waals surface area (Å²) in [6.45, 7) is 4.32. The third-order valence-corrected chi connectivity index (χ3v) is 5.57. The number of nitrogens with zero attached hydrogens (tertiary/aromatic N) is 2. The van der Waals surface area contributed by atoms with E-state index in [4.69, 9.17) is 4.74 Å². The summed E-state index contributed by atoms with van der Waals surface area (Å²) in [5.41, 5.74) is 1.25. The maximum absolute atomic E-state index is 9.58. The normalized spacial score (nSPS) is 33.3. The average Bonchev–Trinajstić information content (AvgIpc) is 2.90. The third-order valence-electron chi connectivity index (χ3n) is 5.57. The lowest BCUT2D eigenvalue weighted by molar-refractivity contribution is 0.0157. The van der Waals surface area contributed by atoms with Crippen molar-refractivity contribution >= 4 is 0 Å². The molecule has 3 atom stereocenters. The van der Waals surface area contributed by atoms with Gasteiger partial charge in [-0.15, -0.1) is 0 Å². The number of phenols is 1. The number of hydrogen-bond acceptors (Lipinski definition) is 4. The largest absolute Gasteiger partial charge is 0.508 e. The van der Waals surface area contributed by atoms with Crippen LogP contribution in [0.25, 0.3) is 0 Å². The molecule has 114 valence electrons. The zero-order chi connectivity index (χ0) is 14.4. The average molecular weight is 288 g/mol. The highest BCUT2D eigenvalue weighted by Gasteiger charge is 2.38. The van der Waals surface area contributed by atoms with E-state index >= 15 is 0 Å². The van der Waals surface area contributed by atoms with Crippen molar-refractivity contribution in [1.82, 2.24) is 9.80 Å². The van der Waals surface area contributed by atoms with E-state index in [9.17, 15) is 5.11 Å². The van der Waals surface area contributed by atoms with Gasteiger partial charge in [0, 0.05) is 30.8 Å². The van der Waals surface area contributed by atoms with Crippen molar-refractivity contribution in [3.8, 4) is 11.5 Å². The van der Waals surface area contributed by atoms with Gasteiger partial charge in [0.2, 0.25) is 0 Å². The Morgan fingerprint density at radius 1 is 1.24 bits per heavy atom. The first-order valence-corrected chi connectivity index (χ1v) is 8.12. The Kier molecular flexibility index (Phi) is 3.31. The first kappa shape index (κ1) is 13.4. The van der Waals surface area contributed by atoms with Gasteiger partial charge in [-0.1, -0.05) is 0 Å². The van der Waals surface area contributed by atoms with E-state index in [0.29, 0.717) is 11.8 Å². The Balaban J connectivity index is 1.52. The molecule has 0 aliphatic carbocycles. The molecule has 4 nitrogen and oxygen atoms in total. The lowest BCUT2D eigenvalue weighted by Crippen LogP contribution is -2.53. The van der Waals surface area contributed by atoms with E-state index < -0.39 is 0 Å². The topological polar surface area (TPSA) is 35.9 Å². The van der Waals surface area contributed by atoms with E-state index in [-0.39, 0.29) is 0 Å². The summed E-state index contributed by atoms with van der Waals surface area (Å²) >= 11 is 0. The highest BCUT2D eigenvalue weighted by molar-refractivity contribution is 5.44. The molecule has 1 aromatic carbocycles. The van der Waals surface area contributed by atoms with Gasteiger partial charge in [0.1, 0.15) is 18.1 Å². The molecule has 2 saturated heterocycles. The molecule has 0 amide bonds. The van der Waals surface area contributed by atoms with Gasteiger partial charge in [-0.2, -0.15) is 0 Å². The molecule has 0 saturated carbocycles. The number of rotatable bonds is 1. The number of phenolic OH excluding ortho intramolecular Hbond substituents is 1. The van der Waals surface area contributed by atoms with Crippen LogP contribution in [-0.4, -0.2) is 54.2 Å². The van der Waals surface area contributed by atoms with Gasteiger partial charge in [0.15, 0.2) is 0 Å². The number of aromatic hydroxyl groups is 1. The van der Waals surface area contributed by atoms with Gasteiger partial charge < -0.3 is 14.7 Å². The quantitative estimate of drug-likeness (QED) is 0.860. The van der Waals surface area contributed by atoms with Crippen LogP contribution in [-0.2, 0) is 0 Å². The molecule has 3 aliphatic heterocycles. The van der Waals surface area contributed by atoms with Crippen molar-refractivity contribution in [3.05, 3.63) is 23.8 Å². The highest BCUT2D eigenvalue weighted by atomic mass is 16.5. The molecule has 3 heterocycles. The summed E-state index contributed by atoms with van der Waals surface area (Å²) in [7, 11) is 2.28. The van der Waals surface area contributed by atoms with Crippen LogP contribution in [0, 0.1) is 5.92 Å². The molecule has 1 N–H and O–H groups in total. The number of ether oxygens (including phenoxy) is 1. The van der Waals surface area contributed by atoms with Crippen LogP contribution < -0.4 is 4.74 Å². The third kappa shape index (κ3) is 2.30. The SMILES string of the molecule is CN1CCCC2CN(C3COc4cc(O)ccc43)CCC21. The minimum atomic E-state index is 0.294. The summed E-state index contributed by atoms with van der Waals surface area (Å²) < 4.78 is 5.79. The Morgan fingerprint density at radius 3 is 3.05 bits per heavy atom. The Hall–Kier alpha value is -1.26. The molecule has 0 radical (unpaired) electrons. The van der Waals surface area contributed by atoms with Crippen LogP contribution in [0.4, 0.5) is 0 Å². The van der Waals surface area contributed by atoms with Crippen molar-refractivity contribution < 1.29 is 9.84 Å². The summed E-state index contributed by atoms with van der Waals surface area (Å²) in [6, 6.07) is 6.70. The predicted octanol–water partition coefficient (Wildman–Crippen LogP) is 2.24. The van der Waals surface area contributed by atoms with Gasteiger partial charge in [0.25, 0.3) is 0 Å². The summed E-state index contributed by atoms with van der Waals surface area (Å²) in [5.74, 6) is 1.96. The van der Waals surface area contributed by atoms with Crippen LogP contribution >= 0.6 is 0 Å². The number of fused-ring (bicyclic) bond motifs is 2. The standard InChI is InChI=1S/C17H24N2O2/c1-18-7-2-3-12-10-19(8-6-15(12)18)16-11-21-17-9-13(20)4-5-14(16)17/h4-5,9,12,15-16,20H,2-3,6-8,10-11H2,1H3. The van der Waals surface area contributed by atoms with Crippen molar-refractivity contribution in [2.24, 2.45) is 5.92 Å². The van der Waals surface area contributed by atoms with Crippen molar-refractivity contribution in [1.29, 1.82) is 0 Å². The van der Waals surface area contributed by atoms with E-state index in [1.807, 2.05) is 6.07 Å². The van der Waals surface area contributed by atoms with Crippen LogP contribution in [0.15, 0.2) is 18.2 Å². The molecule has 0 bridgehead atoms. The van der Waals surface area contributed by atoms with Crippen molar-refractivity contribution in [3.63, 3.8) is 0 Å². The predicted molar refractivity (Wildman–Crippen MR) is 81.7 cm³/mol. The monoisotopic (exact) mass is 288 g/mol. The number of hydrogen-bond donors (Lipinski definition) is 1. The zero-order valence-corrected chi connectivity index (χ0v) is 12.7. The molecule has 4 heteroatoms. The molecule has 0 spiro atoms. The molecular weight excluding hydrogens is 264 g/mol. The van der Waals surface area contributed by atoms with Crippen molar-refractivity contribution in [2.45, 2.75) is 31.3 Å². The van der Waals surface area contributed by atoms with Gasteiger partial charge >= 0.3 is 0 Å². The second-order valence-electron chi connectivity index (χ2n) is 6.78. The summed E-state index contributed by atoms with van der Waals surface area (Å²) in [6.07, 6.45) is 3.96. The van der Waals surface area contributed by atoms with Gasteiger partial charge in [0.05, 0.1) is 6.04 Å². The Bertz CT molecular complexity index is 534. The molecular formula is C17H24N2O2. The van der Waals surface area contributed by atoms with E-state index in [2.05, 4.69) is 16.8 Å². The highest BCUT2D eigenvalue weighted by Crippen LogP contribution is 2.41. The number of likely N-dealkylation sites (tertiary alicyclic amines) is 2. The van der Waals surface area contributed by atoms with Gasteiger partial charge in [-0.25, -0.2) is 0 Å². The van der Waals surface area contributed by atoms with Crippen LogP contribution in [0.5, 0.6) is 11.5 Å². The number of benzene rings is 1. The zero-order valence-electron chi connectivity index (χ0n) is 12.7. The second-order valence-corrected chi connectivity index (χ2v) is 6.78.